The van der Waals surface area contributed by atoms with Crippen LogP contribution in [0.15, 0.2) is 29.1 Å². The van der Waals surface area contributed by atoms with Crippen molar-refractivity contribution in [3.63, 3.8) is 0 Å². The van der Waals surface area contributed by atoms with E-state index >= 15 is 0 Å². The second-order valence-corrected chi connectivity index (χ2v) is 3.71. The normalized spacial score (nSPS) is 10.3. The molecule has 0 spiro atoms. The third-order valence-corrected chi connectivity index (χ3v) is 2.45. The molecule has 2 nitrogen and oxygen atoms in total. The van der Waals surface area contributed by atoms with E-state index in [0.29, 0.717) is 12.2 Å². The summed E-state index contributed by atoms with van der Waals surface area (Å²) in [6.45, 7) is 0.465. The third kappa shape index (κ3) is 2.73. The minimum Gasteiger partial charge on any atom is -0.379 e. The van der Waals surface area contributed by atoms with Crippen molar-refractivity contribution in [2.75, 3.05) is 5.32 Å². The van der Waals surface area contributed by atoms with Crippen molar-refractivity contribution in [2.45, 2.75) is 6.54 Å². The quantitative estimate of drug-likeness (QED) is 0.870. The average molecular weight is 226 g/mol. The number of nitrogens with one attached hydrogen (secondary N) is 1. The zero-order chi connectivity index (χ0) is 10.7. The molecule has 1 aromatic carbocycles. The van der Waals surface area contributed by atoms with E-state index in [1.807, 2.05) is 5.38 Å². The van der Waals surface area contributed by atoms with Gasteiger partial charge in [-0.1, -0.05) is 0 Å². The Kier molecular flexibility index (Phi) is 2.91. The molecule has 0 radical (unpaired) electrons. The van der Waals surface area contributed by atoms with Crippen LogP contribution in [0.2, 0.25) is 0 Å². The fraction of sp³-hybridized carbons (Fsp3) is 0.100. The van der Waals surface area contributed by atoms with E-state index in [1.54, 1.807) is 5.51 Å². The smallest absolute Gasteiger partial charge is 0.128 e. The van der Waals surface area contributed by atoms with Crippen molar-refractivity contribution in [3.8, 4) is 0 Å². The number of hydrogen-bond donors (Lipinski definition) is 1. The summed E-state index contributed by atoms with van der Waals surface area (Å²) in [5, 5.41) is 4.77. The van der Waals surface area contributed by atoms with Crippen molar-refractivity contribution in [1.29, 1.82) is 0 Å². The monoisotopic (exact) mass is 226 g/mol. The van der Waals surface area contributed by atoms with Gasteiger partial charge in [0.15, 0.2) is 0 Å². The van der Waals surface area contributed by atoms with Crippen LogP contribution in [0.4, 0.5) is 14.5 Å². The van der Waals surface area contributed by atoms with E-state index in [1.165, 1.54) is 23.5 Å². The summed E-state index contributed by atoms with van der Waals surface area (Å²) in [5.41, 5.74) is 2.98. The molecule has 0 unspecified atom stereocenters. The van der Waals surface area contributed by atoms with Crippen molar-refractivity contribution in [1.82, 2.24) is 4.98 Å². The Balaban J connectivity index is 2.05. The molecule has 0 amide bonds. The van der Waals surface area contributed by atoms with Crippen LogP contribution in [0.25, 0.3) is 0 Å². The zero-order valence-corrected chi connectivity index (χ0v) is 8.52. The summed E-state index contributed by atoms with van der Waals surface area (Å²) in [6, 6.07) is 3.33. The summed E-state index contributed by atoms with van der Waals surface area (Å²) in [7, 11) is 0. The first kappa shape index (κ1) is 10.0. The number of rotatable bonds is 3. The Morgan fingerprint density at radius 2 is 1.93 bits per heavy atom. The molecule has 0 fully saturated rings. The standard InChI is InChI=1S/C10H8F2N2S/c11-7-1-8(12)3-9(2-7)13-4-10-5-15-6-14-10/h1-3,5-6,13H,4H2. The first-order valence-corrected chi connectivity index (χ1v) is 5.25. The molecule has 2 aromatic rings. The molecular weight excluding hydrogens is 218 g/mol. The van der Waals surface area contributed by atoms with Crippen LogP contribution >= 0.6 is 11.3 Å². The van der Waals surface area contributed by atoms with Gasteiger partial charge in [-0.15, -0.1) is 11.3 Å². The molecule has 5 heteroatoms. The van der Waals surface area contributed by atoms with E-state index in [2.05, 4.69) is 10.3 Å². The summed E-state index contributed by atoms with van der Waals surface area (Å²) >= 11 is 1.48. The molecule has 0 bridgehead atoms. The SMILES string of the molecule is Fc1cc(F)cc(NCc2cscn2)c1. The predicted octanol–water partition coefficient (Wildman–Crippen LogP) is 3.03. The van der Waals surface area contributed by atoms with Crippen LogP contribution in [-0.4, -0.2) is 4.98 Å². The third-order valence-electron chi connectivity index (χ3n) is 1.82. The van der Waals surface area contributed by atoms with Gasteiger partial charge in [-0.25, -0.2) is 13.8 Å². The second-order valence-electron chi connectivity index (χ2n) is 2.99. The molecular formula is C10H8F2N2S. The molecule has 0 aliphatic carbocycles. The highest BCUT2D eigenvalue weighted by atomic mass is 32.1. The van der Waals surface area contributed by atoms with Gasteiger partial charge < -0.3 is 5.32 Å². The second kappa shape index (κ2) is 4.35. The summed E-state index contributed by atoms with van der Waals surface area (Å²) in [6.07, 6.45) is 0. The minimum absolute atomic E-state index is 0.417. The summed E-state index contributed by atoms with van der Waals surface area (Å²) < 4.78 is 25.6. The molecule has 0 aliphatic rings. The number of thiazole rings is 1. The van der Waals surface area contributed by atoms with Gasteiger partial charge in [-0.3, -0.25) is 0 Å². The van der Waals surface area contributed by atoms with Crippen molar-refractivity contribution in [2.24, 2.45) is 0 Å². The van der Waals surface area contributed by atoms with Gasteiger partial charge in [0.05, 0.1) is 17.7 Å². The van der Waals surface area contributed by atoms with Crippen LogP contribution in [0, 0.1) is 11.6 Å². The topological polar surface area (TPSA) is 24.9 Å². The van der Waals surface area contributed by atoms with Crippen LogP contribution < -0.4 is 5.32 Å². The summed E-state index contributed by atoms with van der Waals surface area (Å²) in [4.78, 5) is 4.04. The lowest BCUT2D eigenvalue weighted by Gasteiger charge is -2.04. The lowest BCUT2D eigenvalue weighted by Crippen LogP contribution is -2.00. The van der Waals surface area contributed by atoms with Crippen molar-refractivity contribution >= 4 is 17.0 Å². The minimum atomic E-state index is -0.587. The maximum absolute atomic E-state index is 12.8. The molecule has 2 rings (SSSR count). The fourth-order valence-corrected chi connectivity index (χ4v) is 1.73. The Labute approximate surface area is 89.6 Å². The maximum Gasteiger partial charge on any atom is 0.128 e. The highest BCUT2D eigenvalue weighted by Crippen LogP contribution is 2.14. The molecule has 1 aromatic heterocycles. The molecule has 0 saturated carbocycles. The first-order valence-electron chi connectivity index (χ1n) is 4.31. The number of hydrogen-bond acceptors (Lipinski definition) is 3. The highest BCUT2D eigenvalue weighted by Gasteiger charge is 2.00. The predicted molar refractivity (Wildman–Crippen MR) is 55.8 cm³/mol. The lowest BCUT2D eigenvalue weighted by atomic mass is 10.3. The molecule has 0 atom stereocenters. The zero-order valence-electron chi connectivity index (χ0n) is 7.71. The Morgan fingerprint density at radius 1 is 1.20 bits per heavy atom. The Morgan fingerprint density at radius 3 is 2.53 bits per heavy atom. The number of anilines is 1. The van der Waals surface area contributed by atoms with Gasteiger partial charge in [0, 0.05) is 17.1 Å². The van der Waals surface area contributed by atoms with Crippen molar-refractivity contribution in [3.05, 3.63) is 46.4 Å². The molecule has 15 heavy (non-hydrogen) atoms. The van der Waals surface area contributed by atoms with Crippen LogP contribution in [0.5, 0.6) is 0 Å². The van der Waals surface area contributed by atoms with Gasteiger partial charge in [0.2, 0.25) is 0 Å². The largest absolute Gasteiger partial charge is 0.379 e. The van der Waals surface area contributed by atoms with Gasteiger partial charge in [0.1, 0.15) is 11.6 Å². The maximum atomic E-state index is 12.8. The fourth-order valence-electron chi connectivity index (χ4n) is 1.17. The van der Waals surface area contributed by atoms with Gasteiger partial charge in [-0.2, -0.15) is 0 Å². The van der Waals surface area contributed by atoms with Crippen molar-refractivity contribution < 1.29 is 8.78 Å². The number of halogens is 2. The van der Waals surface area contributed by atoms with Gasteiger partial charge >= 0.3 is 0 Å². The van der Waals surface area contributed by atoms with E-state index in [0.717, 1.165) is 11.8 Å². The number of aromatic nitrogens is 1. The van der Waals surface area contributed by atoms with E-state index < -0.39 is 11.6 Å². The molecule has 78 valence electrons. The van der Waals surface area contributed by atoms with Crippen LogP contribution in [-0.2, 0) is 6.54 Å². The van der Waals surface area contributed by atoms with Crippen LogP contribution in [0.3, 0.4) is 0 Å². The Bertz CT molecular complexity index is 422. The van der Waals surface area contributed by atoms with E-state index in [-0.39, 0.29) is 0 Å². The Hall–Kier alpha value is -1.49. The molecule has 0 saturated heterocycles. The lowest BCUT2D eigenvalue weighted by molar-refractivity contribution is 0.584. The average Bonchev–Trinajstić information content (AvgIpc) is 2.65. The van der Waals surface area contributed by atoms with Gasteiger partial charge in [0.25, 0.3) is 0 Å². The van der Waals surface area contributed by atoms with Crippen LogP contribution in [0.1, 0.15) is 5.69 Å². The number of benzene rings is 1. The molecule has 0 aliphatic heterocycles. The van der Waals surface area contributed by atoms with E-state index in [4.69, 9.17) is 0 Å². The first-order chi connectivity index (χ1) is 7.24. The highest BCUT2D eigenvalue weighted by molar-refractivity contribution is 7.07. The number of nitrogens with zero attached hydrogens (tertiary/aromatic N) is 1. The van der Waals surface area contributed by atoms with E-state index in [9.17, 15) is 8.78 Å². The van der Waals surface area contributed by atoms with Gasteiger partial charge in [-0.05, 0) is 12.1 Å². The molecule has 1 N–H and O–H groups in total. The molecule has 1 heterocycles. The summed E-state index contributed by atoms with van der Waals surface area (Å²) in [5.74, 6) is -1.17.